The van der Waals surface area contributed by atoms with Crippen LogP contribution in [-0.2, 0) is 28.7 Å². The van der Waals surface area contributed by atoms with Crippen LogP contribution in [0.1, 0.15) is 255 Å². The summed E-state index contributed by atoms with van der Waals surface area (Å²) in [5, 5.41) is 22.3. The Morgan fingerprint density at radius 2 is 0.797 bits per heavy atom. The molecule has 2 aliphatic heterocycles. The van der Waals surface area contributed by atoms with Gasteiger partial charge in [-0.1, -0.05) is 155 Å². The molecule has 0 amide bonds. The summed E-state index contributed by atoms with van der Waals surface area (Å²) in [5.41, 5.74) is -2.78. The van der Waals surface area contributed by atoms with Crippen molar-refractivity contribution in [2.24, 2.45) is 17.3 Å². The first kappa shape index (κ1) is 57.9. The summed E-state index contributed by atoms with van der Waals surface area (Å²) in [7, 11) is 4.15. The Morgan fingerprint density at radius 3 is 1.09 bits per heavy atom. The predicted octanol–water partition coefficient (Wildman–Crippen LogP) is 13.6. The van der Waals surface area contributed by atoms with Gasteiger partial charge in [0, 0.05) is 47.8 Å². The fraction of sp³-hybridized carbons (Fsp3) is 0.926. The molecule has 0 aromatic rings. The molecule has 10 nitrogen and oxygen atoms in total. The van der Waals surface area contributed by atoms with Crippen LogP contribution in [0.2, 0.25) is 0 Å². The van der Waals surface area contributed by atoms with Gasteiger partial charge in [-0.25, -0.2) is 0 Å². The molecule has 10 heteroatoms. The van der Waals surface area contributed by atoms with Crippen LogP contribution >= 0.6 is 0 Å². The highest BCUT2D eigenvalue weighted by molar-refractivity contribution is 5.90. The SMILES string of the molecule is CCCCCCCCCCCCCC(CCCCCCCCCCCCC)(C(=O)OC1CC(C)(C)N(C)C(C)(C)C1)C(C(=O)O)C(CC(=O)OC1CC(C)(C)N(C)C(C)(C)C1)C(=O)O. The zero-order valence-electron chi connectivity index (χ0n) is 43.6. The molecule has 374 valence electrons. The molecule has 0 aromatic carbocycles. The molecule has 2 rings (SSSR count). The van der Waals surface area contributed by atoms with Crippen LogP contribution in [0.5, 0.6) is 0 Å². The van der Waals surface area contributed by atoms with Gasteiger partial charge in [-0.2, -0.15) is 0 Å². The maximum Gasteiger partial charge on any atom is 0.313 e. The molecule has 2 unspecified atom stereocenters. The van der Waals surface area contributed by atoms with E-state index in [0.29, 0.717) is 38.5 Å². The molecule has 2 fully saturated rings. The van der Waals surface area contributed by atoms with Crippen LogP contribution in [0.15, 0.2) is 0 Å². The number of unbranched alkanes of at least 4 members (excludes halogenated alkanes) is 20. The second kappa shape index (κ2) is 27.6. The number of carboxylic acid groups (broad SMARTS) is 2. The minimum absolute atomic E-state index is 0.202. The number of nitrogens with zero attached hydrogens (tertiary/aromatic N) is 2. The van der Waals surface area contributed by atoms with Crippen molar-refractivity contribution in [3.8, 4) is 0 Å². The van der Waals surface area contributed by atoms with Gasteiger partial charge in [0.1, 0.15) is 12.2 Å². The van der Waals surface area contributed by atoms with Gasteiger partial charge in [0.2, 0.25) is 0 Å². The van der Waals surface area contributed by atoms with E-state index in [1.165, 1.54) is 77.0 Å². The summed E-state index contributed by atoms with van der Waals surface area (Å²) in [6.45, 7) is 21.4. The number of esters is 2. The minimum Gasteiger partial charge on any atom is -0.481 e. The van der Waals surface area contributed by atoms with Crippen LogP contribution in [0, 0.1) is 17.3 Å². The van der Waals surface area contributed by atoms with E-state index in [1.807, 2.05) is 0 Å². The Labute approximate surface area is 392 Å². The Kier molecular flexibility index (Phi) is 25.0. The van der Waals surface area contributed by atoms with Crippen LogP contribution in [0.4, 0.5) is 0 Å². The lowest BCUT2D eigenvalue weighted by atomic mass is 9.63. The molecule has 0 aliphatic carbocycles. The molecular formula is C54H100N2O8. The van der Waals surface area contributed by atoms with Gasteiger partial charge in [-0.15, -0.1) is 0 Å². The zero-order valence-corrected chi connectivity index (χ0v) is 43.6. The highest BCUT2D eigenvalue weighted by Crippen LogP contribution is 2.48. The molecule has 0 saturated carbocycles. The summed E-state index contributed by atoms with van der Waals surface area (Å²) < 4.78 is 12.7. The van der Waals surface area contributed by atoms with Gasteiger partial charge in [0.15, 0.2) is 0 Å². The predicted molar refractivity (Wildman–Crippen MR) is 262 cm³/mol. The number of carbonyl (C=O) groups is 4. The van der Waals surface area contributed by atoms with Crippen molar-refractivity contribution in [2.75, 3.05) is 14.1 Å². The molecular weight excluding hydrogens is 805 g/mol. The van der Waals surface area contributed by atoms with Gasteiger partial charge in [-0.05, 0) is 82.3 Å². The molecule has 2 aliphatic rings. The Bertz CT molecular complexity index is 1330. The second-order valence-electron chi connectivity index (χ2n) is 23.0. The first-order valence-corrected chi connectivity index (χ1v) is 26.3. The lowest BCUT2D eigenvalue weighted by Gasteiger charge is -2.53. The fourth-order valence-electron chi connectivity index (χ4n) is 11.5. The summed E-state index contributed by atoms with van der Waals surface area (Å²) in [6, 6.07) is 0. The number of hydrogen-bond donors (Lipinski definition) is 2. The van der Waals surface area contributed by atoms with Crippen molar-refractivity contribution in [3.63, 3.8) is 0 Å². The third-order valence-corrected chi connectivity index (χ3v) is 15.9. The number of likely N-dealkylation sites (tertiary alicyclic amines) is 2. The summed E-state index contributed by atoms with van der Waals surface area (Å²) in [5.74, 6) is -7.45. The normalized spacial score (nSPS) is 20.1. The number of carboxylic acids is 2. The number of piperidine rings is 2. The largest absolute Gasteiger partial charge is 0.481 e. The van der Waals surface area contributed by atoms with Gasteiger partial charge < -0.3 is 19.7 Å². The Morgan fingerprint density at radius 1 is 0.500 bits per heavy atom. The molecule has 0 radical (unpaired) electrons. The smallest absolute Gasteiger partial charge is 0.313 e. The van der Waals surface area contributed by atoms with E-state index < -0.39 is 59.8 Å². The van der Waals surface area contributed by atoms with Gasteiger partial charge >= 0.3 is 23.9 Å². The Balaban J connectivity index is 2.49. The number of ether oxygens (including phenoxy) is 2. The first-order valence-electron chi connectivity index (χ1n) is 26.3. The minimum atomic E-state index is -1.67. The molecule has 0 spiro atoms. The highest BCUT2D eigenvalue weighted by Gasteiger charge is 2.57. The van der Waals surface area contributed by atoms with Crippen molar-refractivity contribution in [3.05, 3.63) is 0 Å². The molecule has 2 heterocycles. The molecule has 2 atom stereocenters. The second-order valence-corrected chi connectivity index (χ2v) is 23.0. The van der Waals surface area contributed by atoms with Gasteiger partial charge in [0.05, 0.1) is 23.7 Å². The molecule has 64 heavy (non-hydrogen) atoms. The van der Waals surface area contributed by atoms with Crippen LogP contribution in [-0.4, -0.2) is 92.3 Å². The molecule has 2 N–H and O–H groups in total. The standard InChI is InChI=1S/C54H100N2O8/c1-13-15-17-19-21-23-25-27-29-31-33-35-54(36-34-32-30-28-26-24-22-20-18-16-14-2,49(62)64-43-40-52(7,8)56(12)53(9,10)41-43)46(48(60)61)44(47(58)59)37-45(57)63-42-38-50(3,4)55(11)51(5,6)39-42/h42-44,46H,13-41H2,1-12H3,(H,58,59)(H,60,61). The van der Waals surface area contributed by atoms with E-state index in [2.05, 4.69) is 93.1 Å². The van der Waals surface area contributed by atoms with E-state index in [0.717, 1.165) is 51.4 Å². The van der Waals surface area contributed by atoms with Crippen LogP contribution in [0.3, 0.4) is 0 Å². The molecule has 2 saturated heterocycles. The van der Waals surface area contributed by atoms with E-state index in [1.54, 1.807) is 0 Å². The average molecular weight is 905 g/mol. The third kappa shape index (κ3) is 18.5. The average Bonchev–Trinajstić information content (AvgIpc) is 3.18. The lowest BCUT2D eigenvalue weighted by Crippen LogP contribution is -2.61. The van der Waals surface area contributed by atoms with Gasteiger partial charge in [0.25, 0.3) is 0 Å². The summed E-state index contributed by atoms with van der Waals surface area (Å²) in [6.07, 6.45) is 25.3. The highest BCUT2D eigenvalue weighted by atomic mass is 16.5. The molecule has 0 aromatic heterocycles. The number of carbonyl (C=O) groups excluding carboxylic acids is 2. The Hall–Kier alpha value is -2.20. The fourth-order valence-corrected chi connectivity index (χ4v) is 11.5. The van der Waals surface area contributed by atoms with Crippen LogP contribution < -0.4 is 0 Å². The van der Waals surface area contributed by atoms with Crippen molar-refractivity contribution in [1.29, 1.82) is 0 Å². The lowest BCUT2D eigenvalue weighted by molar-refractivity contribution is -0.187. The van der Waals surface area contributed by atoms with Crippen LogP contribution in [0.25, 0.3) is 0 Å². The van der Waals surface area contributed by atoms with Crippen molar-refractivity contribution < 1.29 is 38.9 Å². The molecule has 0 bridgehead atoms. The topological polar surface area (TPSA) is 134 Å². The van der Waals surface area contributed by atoms with Crippen molar-refractivity contribution in [1.82, 2.24) is 9.80 Å². The third-order valence-electron chi connectivity index (χ3n) is 15.9. The van der Waals surface area contributed by atoms with E-state index >= 15 is 4.79 Å². The van der Waals surface area contributed by atoms with Gasteiger partial charge in [-0.3, -0.25) is 29.0 Å². The van der Waals surface area contributed by atoms with Crippen molar-refractivity contribution >= 4 is 23.9 Å². The monoisotopic (exact) mass is 905 g/mol. The summed E-state index contributed by atoms with van der Waals surface area (Å²) >= 11 is 0. The maximum atomic E-state index is 15.3. The van der Waals surface area contributed by atoms with E-state index in [4.69, 9.17) is 9.47 Å². The number of rotatable bonds is 33. The van der Waals surface area contributed by atoms with Crippen molar-refractivity contribution in [2.45, 2.75) is 290 Å². The number of aliphatic carboxylic acids is 2. The maximum absolute atomic E-state index is 15.3. The quantitative estimate of drug-likeness (QED) is 0.0484. The first-order chi connectivity index (χ1) is 30.0. The zero-order chi connectivity index (χ0) is 48.2. The summed E-state index contributed by atoms with van der Waals surface area (Å²) in [4.78, 5) is 61.2. The van der Waals surface area contributed by atoms with E-state index in [9.17, 15) is 24.6 Å². The number of hydrogen-bond acceptors (Lipinski definition) is 8. The van der Waals surface area contributed by atoms with E-state index in [-0.39, 0.29) is 35.0 Å².